The molecule has 2 aromatic rings. The summed E-state index contributed by atoms with van der Waals surface area (Å²) >= 11 is 0. The van der Waals surface area contributed by atoms with E-state index in [-0.39, 0.29) is 11.4 Å². The van der Waals surface area contributed by atoms with Crippen LogP contribution >= 0.6 is 0 Å². The van der Waals surface area contributed by atoms with E-state index < -0.39 is 17.7 Å². The normalized spacial score (nSPS) is 11.1. The maximum Gasteiger partial charge on any atom is 0.407 e. The number of carbonyl (C=O) groups excluding carboxylic acids is 2. The number of anilines is 1. The van der Waals surface area contributed by atoms with E-state index >= 15 is 0 Å². The van der Waals surface area contributed by atoms with Gasteiger partial charge >= 0.3 is 12.1 Å². The molecule has 2 aromatic heterocycles. The summed E-state index contributed by atoms with van der Waals surface area (Å²) in [4.78, 5) is 27.2. The molecule has 0 aromatic carbocycles. The van der Waals surface area contributed by atoms with E-state index in [9.17, 15) is 9.59 Å². The van der Waals surface area contributed by atoms with E-state index in [1.165, 1.54) is 13.3 Å². The molecule has 2 rings (SSSR count). The van der Waals surface area contributed by atoms with Crippen LogP contribution in [0.5, 0.6) is 0 Å². The Bertz CT molecular complexity index is 795. The molecule has 9 nitrogen and oxygen atoms in total. The predicted octanol–water partition coefficient (Wildman–Crippen LogP) is 1.84. The molecule has 0 spiro atoms. The minimum atomic E-state index is -0.590. The summed E-state index contributed by atoms with van der Waals surface area (Å²) in [6.45, 7) is 6.26. The molecular weight excluding hydrogens is 338 g/mol. The molecule has 0 bridgehead atoms. The molecule has 140 valence electrons. The molecule has 0 radical (unpaired) electrons. The Hall–Kier alpha value is -3.10. The average molecular weight is 361 g/mol. The van der Waals surface area contributed by atoms with Gasteiger partial charge < -0.3 is 20.5 Å². The number of nitrogens with zero attached hydrogens (tertiary/aromatic N) is 3. The molecule has 0 saturated carbocycles. The number of pyridine rings is 1. The highest BCUT2D eigenvalue weighted by Crippen LogP contribution is 2.21. The molecule has 0 aliphatic rings. The maximum absolute atomic E-state index is 11.6. The molecule has 26 heavy (non-hydrogen) atoms. The number of hydrogen-bond donors (Lipinski definition) is 2. The summed E-state index contributed by atoms with van der Waals surface area (Å²) < 4.78 is 11.5. The quantitative estimate of drug-likeness (QED) is 0.779. The second-order valence-corrected chi connectivity index (χ2v) is 6.55. The first-order valence-electron chi connectivity index (χ1n) is 8.04. The summed E-state index contributed by atoms with van der Waals surface area (Å²) in [6.07, 6.45) is 2.81. The number of amides is 1. The first-order valence-corrected chi connectivity index (χ1v) is 8.04. The predicted molar refractivity (Wildman–Crippen MR) is 95.4 cm³/mol. The number of rotatable bonds is 5. The second kappa shape index (κ2) is 7.85. The van der Waals surface area contributed by atoms with Crippen molar-refractivity contribution in [2.45, 2.75) is 32.9 Å². The Balaban J connectivity index is 1.96. The highest BCUT2D eigenvalue weighted by atomic mass is 16.6. The first-order chi connectivity index (χ1) is 12.2. The van der Waals surface area contributed by atoms with Crippen molar-refractivity contribution in [3.63, 3.8) is 0 Å². The third-order valence-electron chi connectivity index (χ3n) is 3.24. The smallest absolute Gasteiger partial charge is 0.407 e. The lowest BCUT2D eigenvalue weighted by Crippen LogP contribution is -2.34. The van der Waals surface area contributed by atoms with Crippen LogP contribution < -0.4 is 11.1 Å². The van der Waals surface area contributed by atoms with Crippen LogP contribution in [0.1, 0.15) is 31.3 Å². The van der Waals surface area contributed by atoms with Gasteiger partial charge in [-0.2, -0.15) is 5.10 Å². The number of nitrogens with two attached hydrogens (primary N) is 1. The van der Waals surface area contributed by atoms with Gasteiger partial charge in [0.2, 0.25) is 0 Å². The molecule has 0 atom stereocenters. The number of aromatic nitrogens is 3. The van der Waals surface area contributed by atoms with E-state index in [0.717, 1.165) is 0 Å². The zero-order valence-electron chi connectivity index (χ0n) is 15.3. The Morgan fingerprint density at radius 1 is 1.35 bits per heavy atom. The van der Waals surface area contributed by atoms with Crippen molar-refractivity contribution < 1.29 is 19.1 Å². The van der Waals surface area contributed by atoms with Crippen LogP contribution in [0.3, 0.4) is 0 Å². The van der Waals surface area contributed by atoms with Crippen LogP contribution in [0.15, 0.2) is 24.5 Å². The first kappa shape index (κ1) is 19.2. The summed E-state index contributed by atoms with van der Waals surface area (Å²) in [5.74, 6) is -0.590. The van der Waals surface area contributed by atoms with Crippen LogP contribution in [0.25, 0.3) is 11.3 Å². The molecular formula is C17H23N5O4. The van der Waals surface area contributed by atoms with Crippen molar-refractivity contribution in [2.24, 2.45) is 0 Å². The highest BCUT2D eigenvalue weighted by molar-refractivity contribution is 5.93. The van der Waals surface area contributed by atoms with Crippen LogP contribution in [-0.4, -0.2) is 46.1 Å². The molecule has 1 amide bonds. The van der Waals surface area contributed by atoms with E-state index in [2.05, 4.69) is 20.1 Å². The molecule has 2 heterocycles. The zero-order chi connectivity index (χ0) is 19.3. The fourth-order valence-electron chi connectivity index (χ4n) is 2.12. The van der Waals surface area contributed by atoms with Crippen LogP contribution in [-0.2, 0) is 16.0 Å². The number of nitrogens with one attached hydrogen (secondary N) is 1. The number of ether oxygens (including phenoxy) is 2. The summed E-state index contributed by atoms with van der Waals surface area (Å²) in [6, 6.07) is 3.41. The third kappa shape index (κ3) is 5.20. The van der Waals surface area contributed by atoms with Gasteiger partial charge in [0.25, 0.3) is 0 Å². The van der Waals surface area contributed by atoms with Gasteiger partial charge in [-0.05, 0) is 32.9 Å². The highest BCUT2D eigenvalue weighted by Gasteiger charge is 2.16. The fourth-order valence-corrected chi connectivity index (χ4v) is 2.12. The summed E-state index contributed by atoms with van der Waals surface area (Å²) in [7, 11) is 1.27. The molecule has 0 fully saturated rings. The number of nitrogen functional groups attached to an aromatic ring is 1. The number of alkyl carbamates (subject to hydrolysis) is 1. The van der Waals surface area contributed by atoms with Gasteiger partial charge in [-0.25, -0.2) is 14.6 Å². The standard InChI is InChI=1S/C17H23N5O4/c1-17(2,3)26-16(24)19-6-8-22-7-5-13(21-22)11-9-12(18)14(20-10-11)15(23)25-4/h5,7,9-10H,6,8,18H2,1-4H3,(H,19,24). The van der Waals surface area contributed by atoms with Gasteiger partial charge in [0.05, 0.1) is 25.0 Å². The van der Waals surface area contributed by atoms with Crippen molar-refractivity contribution in [1.82, 2.24) is 20.1 Å². The zero-order valence-corrected chi connectivity index (χ0v) is 15.3. The van der Waals surface area contributed by atoms with Crippen molar-refractivity contribution in [3.8, 4) is 11.3 Å². The van der Waals surface area contributed by atoms with E-state index in [0.29, 0.717) is 24.3 Å². The monoisotopic (exact) mass is 361 g/mol. The Kier molecular flexibility index (Phi) is 5.81. The van der Waals surface area contributed by atoms with Gasteiger partial charge in [0.15, 0.2) is 5.69 Å². The molecule has 0 aliphatic heterocycles. The number of hydrogen-bond acceptors (Lipinski definition) is 7. The third-order valence-corrected chi connectivity index (χ3v) is 3.24. The molecule has 9 heteroatoms. The van der Waals surface area contributed by atoms with Crippen molar-refractivity contribution >= 4 is 17.7 Å². The Morgan fingerprint density at radius 3 is 2.69 bits per heavy atom. The molecule has 0 saturated heterocycles. The second-order valence-electron chi connectivity index (χ2n) is 6.55. The van der Waals surface area contributed by atoms with Crippen molar-refractivity contribution in [1.29, 1.82) is 0 Å². The number of carbonyl (C=O) groups is 2. The van der Waals surface area contributed by atoms with Gasteiger partial charge in [-0.3, -0.25) is 4.68 Å². The summed E-state index contributed by atoms with van der Waals surface area (Å²) in [5.41, 5.74) is 6.92. The van der Waals surface area contributed by atoms with Gasteiger partial charge in [0.1, 0.15) is 5.60 Å². The van der Waals surface area contributed by atoms with Crippen molar-refractivity contribution in [3.05, 3.63) is 30.2 Å². The van der Waals surface area contributed by atoms with Gasteiger partial charge in [-0.1, -0.05) is 0 Å². The SMILES string of the molecule is COC(=O)c1ncc(-c2ccn(CCNC(=O)OC(C)(C)C)n2)cc1N. The lowest BCUT2D eigenvalue weighted by Gasteiger charge is -2.19. The van der Waals surface area contributed by atoms with Crippen LogP contribution in [0.2, 0.25) is 0 Å². The number of esters is 1. The molecule has 0 aliphatic carbocycles. The van der Waals surface area contributed by atoms with Gasteiger partial charge in [-0.15, -0.1) is 0 Å². The minimum Gasteiger partial charge on any atom is -0.464 e. The Labute approximate surface area is 151 Å². The van der Waals surface area contributed by atoms with E-state index in [4.69, 9.17) is 10.5 Å². The van der Waals surface area contributed by atoms with E-state index in [1.54, 1.807) is 43.8 Å². The minimum absolute atomic E-state index is 0.0669. The largest absolute Gasteiger partial charge is 0.464 e. The topological polar surface area (TPSA) is 121 Å². The summed E-state index contributed by atoms with van der Waals surface area (Å²) in [5, 5.41) is 7.07. The fraction of sp³-hybridized carbons (Fsp3) is 0.412. The van der Waals surface area contributed by atoms with E-state index in [1.807, 2.05) is 0 Å². The lowest BCUT2D eigenvalue weighted by molar-refractivity contribution is 0.0524. The van der Waals surface area contributed by atoms with Crippen LogP contribution in [0, 0.1) is 0 Å². The van der Waals surface area contributed by atoms with Crippen LogP contribution in [0.4, 0.5) is 10.5 Å². The molecule has 3 N–H and O–H groups in total. The number of methoxy groups -OCH3 is 1. The molecule has 0 unspecified atom stereocenters. The maximum atomic E-state index is 11.6. The van der Waals surface area contributed by atoms with Crippen molar-refractivity contribution in [2.75, 3.05) is 19.4 Å². The Morgan fingerprint density at radius 2 is 2.08 bits per heavy atom. The van der Waals surface area contributed by atoms with Gasteiger partial charge in [0, 0.05) is 24.5 Å². The average Bonchev–Trinajstić information content (AvgIpc) is 3.01. The lowest BCUT2D eigenvalue weighted by atomic mass is 10.2.